The topological polar surface area (TPSA) is 58.6 Å². The fourth-order valence-corrected chi connectivity index (χ4v) is 2.73. The summed E-state index contributed by atoms with van der Waals surface area (Å²) in [5.41, 5.74) is 1.12. The molecule has 0 amide bonds. The lowest BCUT2D eigenvalue weighted by Crippen LogP contribution is -2.14. The van der Waals surface area contributed by atoms with Crippen LogP contribution in [-0.4, -0.2) is 24.2 Å². The number of esters is 1. The number of phenols is 1. The van der Waals surface area contributed by atoms with Crippen molar-refractivity contribution < 1.29 is 27.8 Å². The van der Waals surface area contributed by atoms with Crippen LogP contribution in [0.4, 0.5) is 13.2 Å². The molecular weight excluding hydrogens is 359 g/mol. The van der Waals surface area contributed by atoms with Gasteiger partial charge in [0.25, 0.3) is 0 Å². The molecule has 0 aliphatic carbocycles. The second-order valence-electron chi connectivity index (χ2n) is 5.98. The monoisotopic (exact) mass is 381 g/mol. The lowest BCUT2D eigenvalue weighted by molar-refractivity contribution is -0.142. The molecule has 2 N–H and O–H groups in total. The van der Waals surface area contributed by atoms with Crippen LogP contribution < -0.4 is 5.32 Å². The predicted octanol–water partition coefficient (Wildman–Crippen LogP) is 4.29. The highest BCUT2D eigenvalue weighted by Gasteiger charge is 2.31. The van der Waals surface area contributed by atoms with Crippen LogP contribution in [0.5, 0.6) is 5.75 Å². The molecule has 0 aliphatic rings. The summed E-state index contributed by atoms with van der Waals surface area (Å²) >= 11 is 0. The zero-order valence-corrected chi connectivity index (χ0v) is 15.2. The molecule has 0 spiro atoms. The predicted molar refractivity (Wildman–Crippen MR) is 96.3 cm³/mol. The molecule has 0 bridgehead atoms. The van der Waals surface area contributed by atoms with Gasteiger partial charge in [0.1, 0.15) is 5.75 Å². The largest absolute Gasteiger partial charge is 0.507 e. The number of halogens is 3. The Morgan fingerprint density at radius 3 is 2.48 bits per heavy atom. The summed E-state index contributed by atoms with van der Waals surface area (Å²) in [6, 6.07) is 8.03. The first-order valence-corrected chi connectivity index (χ1v) is 8.65. The van der Waals surface area contributed by atoms with E-state index in [1.807, 2.05) is 6.92 Å². The lowest BCUT2D eigenvalue weighted by Gasteiger charge is -2.16. The second-order valence-corrected chi connectivity index (χ2v) is 5.98. The van der Waals surface area contributed by atoms with E-state index in [2.05, 4.69) is 5.32 Å². The summed E-state index contributed by atoms with van der Waals surface area (Å²) in [6.45, 7) is 4.62. The van der Waals surface area contributed by atoms with Crippen molar-refractivity contribution in [2.45, 2.75) is 33.0 Å². The van der Waals surface area contributed by atoms with Crippen molar-refractivity contribution in [1.82, 2.24) is 5.32 Å². The Labute approximate surface area is 156 Å². The highest BCUT2D eigenvalue weighted by atomic mass is 19.4. The molecular formula is C20H22F3NO3. The molecule has 0 unspecified atom stereocenters. The number of nitrogens with one attached hydrogen (secondary N) is 1. The van der Waals surface area contributed by atoms with Crippen molar-refractivity contribution in [3.63, 3.8) is 0 Å². The Balaban J connectivity index is 2.47. The normalized spacial score (nSPS) is 11.4. The molecule has 7 heteroatoms. The minimum absolute atomic E-state index is 0.0182. The van der Waals surface area contributed by atoms with Crippen LogP contribution in [-0.2, 0) is 28.7 Å². The average molecular weight is 381 g/mol. The van der Waals surface area contributed by atoms with Crippen molar-refractivity contribution in [2.75, 3.05) is 13.2 Å². The maximum Gasteiger partial charge on any atom is 0.416 e. The summed E-state index contributed by atoms with van der Waals surface area (Å²) < 4.78 is 44.1. The van der Waals surface area contributed by atoms with Crippen molar-refractivity contribution >= 4 is 5.97 Å². The molecule has 0 saturated carbocycles. The zero-order valence-electron chi connectivity index (χ0n) is 15.2. The van der Waals surface area contributed by atoms with Crippen LogP contribution in [0.3, 0.4) is 0 Å². The lowest BCUT2D eigenvalue weighted by atomic mass is 9.94. The minimum atomic E-state index is -4.45. The first-order chi connectivity index (χ1) is 12.8. The molecule has 0 aromatic heterocycles. The minimum Gasteiger partial charge on any atom is -0.507 e. The van der Waals surface area contributed by atoms with Crippen LogP contribution in [0.2, 0.25) is 0 Å². The Hall–Kier alpha value is -2.54. The first-order valence-electron chi connectivity index (χ1n) is 8.65. The van der Waals surface area contributed by atoms with Gasteiger partial charge in [-0.15, -0.1) is 0 Å². The van der Waals surface area contributed by atoms with E-state index in [0.717, 1.165) is 12.1 Å². The number of rotatable bonds is 7. The average Bonchev–Trinajstić information content (AvgIpc) is 2.61. The fraction of sp³-hybridized carbons (Fsp3) is 0.350. The molecule has 27 heavy (non-hydrogen) atoms. The van der Waals surface area contributed by atoms with Crippen molar-refractivity contribution in [2.24, 2.45) is 0 Å². The molecule has 0 heterocycles. The standard InChI is InChI=1S/C20H22F3NO3/c1-3-24-12-14-11-15(20(21,22)23)6-7-16(14)17-9-13(5-8-18(17)25)10-19(26)27-4-2/h5-9,11,24-25H,3-4,10,12H2,1-2H3. The second kappa shape index (κ2) is 8.90. The van der Waals surface area contributed by atoms with Gasteiger partial charge in [-0.3, -0.25) is 4.79 Å². The Kier molecular flexibility index (Phi) is 6.85. The van der Waals surface area contributed by atoms with Crippen LogP contribution >= 0.6 is 0 Å². The van der Waals surface area contributed by atoms with Gasteiger partial charge in [-0.25, -0.2) is 0 Å². The maximum absolute atomic E-state index is 13.1. The molecule has 2 rings (SSSR count). The van der Waals surface area contributed by atoms with E-state index in [9.17, 15) is 23.1 Å². The highest BCUT2D eigenvalue weighted by Crippen LogP contribution is 2.37. The summed E-state index contributed by atoms with van der Waals surface area (Å²) in [6.07, 6.45) is -4.43. The number of carbonyl (C=O) groups is 1. The zero-order chi connectivity index (χ0) is 20.0. The van der Waals surface area contributed by atoms with E-state index in [-0.39, 0.29) is 25.3 Å². The van der Waals surface area contributed by atoms with Gasteiger partial charge in [0.15, 0.2) is 0 Å². The summed E-state index contributed by atoms with van der Waals surface area (Å²) in [5, 5.41) is 13.3. The molecule has 2 aromatic rings. The Morgan fingerprint density at radius 1 is 1.11 bits per heavy atom. The Morgan fingerprint density at radius 2 is 1.85 bits per heavy atom. The number of carbonyl (C=O) groups excluding carboxylic acids is 1. The van der Waals surface area contributed by atoms with Crippen LogP contribution in [0.1, 0.15) is 30.5 Å². The third-order valence-electron chi connectivity index (χ3n) is 4.00. The van der Waals surface area contributed by atoms with Gasteiger partial charge in [-0.1, -0.05) is 19.1 Å². The number of hydrogen-bond donors (Lipinski definition) is 2. The van der Waals surface area contributed by atoms with Crippen LogP contribution in [0.15, 0.2) is 36.4 Å². The van der Waals surface area contributed by atoms with E-state index >= 15 is 0 Å². The Bertz CT molecular complexity index is 804. The summed E-state index contributed by atoms with van der Waals surface area (Å²) in [4.78, 5) is 11.7. The third-order valence-corrected chi connectivity index (χ3v) is 4.00. The molecule has 0 fully saturated rings. The van der Waals surface area contributed by atoms with Gasteiger partial charge >= 0.3 is 12.1 Å². The van der Waals surface area contributed by atoms with Gasteiger partial charge in [-0.2, -0.15) is 13.2 Å². The molecule has 2 aromatic carbocycles. The number of benzene rings is 2. The molecule has 0 atom stereocenters. The maximum atomic E-state index is 13.1. The molecule has 4 nitrogen and oxygen atoms in total. The number of aromatic hydroxyl groups is 1. The summed E-state index contributed by atoms with van der Waals surface area (Å²) in [7, 11) is 0. The number of hydrogen-bond acceptors (Lipinski definition) is 4. The molecule has 0 radical (unpaired) electrons. The van der Waals surface area contributed by atoms with Gasteiger partial charge < -0.3 is 15.2 Å². The van der Waals surface area contributed by atoms with Crippen LogP contribution in [0, 0.1) is 0 Å². The van der Waals surface area contributed by atoms with Gasteiger partial charge in [0, 0.05) is 12.1 Å². The van der Waals surface area contributed by atoms with Crippen LogP contribution in [0.25, 0.3) is 11.1 Å². The molecule has 146 valence electrons. The van der Waals surface area contributed by atoms with E-state index in [0.29, 0.717) is 28.8 Å². The van der Waals surface area contributed by atoms with Gasteiger partial charge in [0.2, 0.25) is 0 Å². The van der Waals surface area contributed by atoms with Crippen molar-refractivity contribution in [1.29, 1.82) is 0 Å². The third kappa shape index (κ3) is 5.47. The van der Waals surface area contributed by atoms with Gasteiger partial charge in [-0.05, 0) is 54.4 Å². The number of alkyl halides is 3. The van der Waals surface area contributed by atoms with E-state index in [1.54, 1.807) is 19.1 Å². The highest BCUT2D eigenvalue weighted by molar-refractivity contribution is 5.77. The van der Waals surface area contributed by atoms with Crippen molar-refractivity contribution in [3.8, 4) is 16.9 Å². The fourth-order valence-electron chi connectivity index (χ4n) is 2.73. The first kappa shape index (κ1) is 20.8. The van der Waals surface area contributed by atoms with Crippen molar-refractivity contribution in [3.05, 3.63) is 53.1 Å². The van der Waals surface area contributed by atoms with E-state index in [1.165, 1.54) is 12.1 Å². The SMILES string of the molecule is CCNCc1cc(C(F)(F)F)ccc1-c1cc(CC(=O)OCC)ccc1O. The molecule has 0 saturated heterocycles. The number of phenolic OH excluding ortho intramolecular Hbond substituents is 1. The summed E-state index contributed by atoms with van der Waals surface area (Å²) in [5.74, 6) is -0.477. The smallest absolute Gasteiger partial charge is 0.416 e. The van der Waals surface area contributed by atoms with E-state index in [4.69, 9.17) is 4.74 Å². The quantitative estimate of drug-likeness (QED) is 0.703. The van der Waals surface area contributed by atoms with Gasteiger partial charge in [0.05, 0.1) is 18.6 Å². The van der Waals surface area contributed by atoms with E-state index < -0.39 is 17.7 Å². The molecule has 0 aliphatic heterocycles. The number of ether oxygens (including phenoxy) is 1.